The predicted octanol–water partition coefficient (Wildman–Crippen LogP) is 0.0779. The Bertz CT molecular complexity index is 398. The van der Waals surface area contributed by atoms with Crippen molar-refractivity contribution in [1.29, 1.82) is 0 Å². The molecule has 0 unspecified atom stereocenters. The van der Waals surface area contributed by atoms with Crippen molar-refractivity contribution >= 4 is 5.91 Å². The van der Waals surface area contributed by atoms with Gasteiger partial charge in [0.2, 0.25) is 5.91 Å². The first-order chi connectivity index (χ1) is 7.13. The second kappa shape index (κ2) is 5.29. The van der Waals surface area contributed by atoms with Gasteiger partial charge in [-0.15, -0.1) is 0 Å². The molecule has 1 aromatic heterocycles. The lowest BCUT2D eigenvalue weighted by atomic mass is 10.4. The van der Waals surface area contributed by atoms with Crippen LogP contribution in [0, 0.1) is 6.92 Å². The number of hydrogen-bond acceptors (Lipinski definition) is 3. The first-order valence-corrected chi connectivity index (χ1v) is 4.93. The molecule has 1 heterocycles. The Kier molecular flexibility index (Phi) is 4.03. The van der Waals surface area contributed by atoms with Crippen molar-refractivity contribution in [2.45, 2.75) is 26.8 Å². The maximum atomic E-state index is 11.4. The van der Waals surface area contributed by atoms with E-state index in [0.29, 0.717) is 25.2 Å². The molecule has 5 nitrogen and oxygen atoms in total. The van der Waals surface area contributed by atoms with Gasteiger partial charge in [0.05, 0.1) is 6.33 Å². The van der Waals surface area contributed by atoms with Crippen LogP contribution in [0.2, 0.25) is 0 Å². The Balaban J connectivity index is 2.51. The van der Waals surface area contributed by atoms with Crippen LogP contribution in [0.25, 0.3) is 0 Å². The minimum Gasteiger partial charge on any atom is -0.354 e. The second-order valence-electron chi connectivity index (χ2n) is 3.27. The van der Waals surface area contributed by atoms with E-state index in [4.69, 9.17) is 0 Å². The molecule has 1 amide bonds. The van der Waals surface area contributed by atoms with E-state index in [-0.39, 0.29) is 11.5 Å². The standard InChI is InChI=1S/C10H15N3O2/c1-3-9(14)11-4-5-13-7-12-8(2)6-10(13)15/h6-7H,3-5H2,1-2H3,(H,11,14). The van der Waals surface area contributed by atoms with E-state index in [1.165, 1.54) is 17.0 Å². The molecule has 1 aromatic rings. The van der Waals surface area contributed by atoms with Gasteiger partial charge in [-0.25, -0.2) is 4.98 Å². The fraction of sp³-hybridized carbons (Fsp3) is 0.500. The third kappa shape index (κ3) is 3.53. The number of aryl methyl sites for hydroxylation is 1. The molecule has 0 fully saturated rings. The largest absolute Gasteiger partial charge is 0.354 e. The first-order valence-electron chi connectivity index (χ1n) is 4.93. The van der Waals surface area contributed by atoms with E-state index in [9.17, 15) is 9.59 Å². The molecule has 82 valence electrons. The van der Waals surface area contributed by atoms with Gasteiger partial charge >= 0.3 is 0 Å². The SMILES string of the molecule is CCC(=O)NCCn1cnc(C)cc1=O. The Labute approximate surface area is 88.1 Å². The molecule has 0 spiro atoms. The van der Waals surface area contributed by atoms with Crippen LogP contribution in [0.4, 0.5) is 0 Å². The van der Waals surface area contributed by atoms with Crippen LogP contribution in [-0.4, -0.2) is 22.0 Å². The monoisotopic (exact) mass is 209 g/mol. The maximum absolute atomic E-state index is 11.4. The molecule has 1 rings (SSSR count). The van der Waals surface area contributed by atoms with Gasteiger partial charge in [-0.2, -0.15) is 0 Å². The molecule has 15 heavy (non-hydrogen) atoms. The molecule has 0 aliphatic rings. The van der Waals surface area contributed by atoms with Crippen LogP contribution < -0.4 is 10.9 Å². The van der Waals surface area contributed by atoms with Crippen molar-refractivity contribution in [1.82, 2.24) is 14.9 Å². The predicted molar refractivity (Wildman–Crippen MR) is 56.5 cm³/mol. The normalized spacial score (nSPS) is 10.0. The van der Waals surface area contributed by atoms with Crippen molar-refractivity contribution in [3.8, 4) is 0 Å². The molecule has 0 aromatic carbocycles. The third-order valence-corrected chi connectivity index (χ3v) is 2.01. The molecule has 0 radical (unpaired) electrons. The van der Waals surface area contributed by atoms with E-state index in [0.717, 1.165) is 0 Å². The zero-order valence-electron chi connectivity index (χ0n) is 8.99. The molecule has 0 atom stereocenters. The molecule has 5 heteroatoms. The summed E-state index contributed by atoms with van der Waals surface area (Å²) in [6.45, 7) is 4.47. The number of nitrogens with zero attached hydrogens (tertiary/aromatic N) is 2. The molecule has 0 saturated heterocycles. The maximum Gasteiger partial charge on any atom is 0.253 e. The van der Waals surface area contributed by atoms with Crippen molar-refractivity contribution < 1.29 is 4.79 Å². The van der Waals surface area contributed by atoms with Gasteiger partial charge in [0.25, 0.3) is 5.56 Å². The highest BCUT2D eigenvalue weighted by atomic mass is 16.1. The van der Waals surface area contributed by atoms with Crippen LogP contribution in [0.1, 0.15) is 19.0 Å². The fourth-order valence-corrected chi connectivity index (χ4v) is 1.13. The summed E-state index contributed by atoms with van der Waals surface area (Å²) >= 11 is 0. The summed E-state index contributed by atoms with van der Waals surface area (Å²) in [5.41, 5.74) is 0.613. The summed E-state index contributed by atoms with van der Waals surface area (Å²) in [6, 6.07) is 1.47. The Morgan fingerprint density at radius 1 is 1.60 bits per heavy atom. The van der Waals surface area contributed by atoms with E-state index in [1.807, 2.05) is 0 Å². The highest BCUT2D eigenvalue weighted by Gasteiger charge is 1.98. The number of aromatic nitrogens is 2. The van der Waals surface area contributed by atoms with Gasteiger partial charge in [-0.1, -0.05) is 6.92 Å². The van der Waals surface area contributed by atoms with E-state index in [1.54, 1.807) is 13.8 Å². The van der Waals surface area contributed by atoms with E-state index in [2.05, 4.69) is 10.3 Å². The summed E-state index contributed by atoms with van der Waals surface area (Å²) in [5, 5.41) is 2.70. The van der Waals surface area contributed by atoms with Gasteiger partial charge < -0.3 is 5.32 Å². The average molecular weight is 209 g/mol. The smallest absolute Gasteiger partial charge is 0.253 e. The Morgan fingerprint density at radius 2 is 2.33 bits per heavy atom. The third-order valence-electron chi connectivity index (χ3n) is 2.01. The topological polar surface area (TPSA) is 64.0 Å². The summed E-state index contributed by atoms with van der Waals surface area (Å²) in [6.07, 6.45) is 1.96. The van der Waals surface area contributed by atoms with Crippen molar-refractivity contribution in [2.24, 2.45) is 0 Å². The zero-order valence-corrected chi connectivity index (χ0v) is 8.99. The van der Waals surface area contributed by atoms with Gasteiger partial charge in [0.15, 0.2) is 0 Å². The lowest BCUT2D eigenvalue weighted by molar-refractivity contribution is -0.120. The van der Waals surface area contributed by atoms with Crippen LogP contribution in [0.15, 0.2) is 17.2 Å². The average Bonchev–Trinajstić information content (AvgIpc) is 2.21. The van der Waals surface area contributed by atoms with Gasteiger partial charge in [0, 0.05) is 31.3 Å². The summed E-state index contributed by atoms with van der Waals surface area (Å²) in [7, 11) is 0. The lowest BCUT2D eigenvalue weighted by Crippen LogP contribution is -2.30. The Hall–Kier alpha value is -1.65. The van der Waals surface area contributed by atoms with Crippen LogP contribution in [0.5, 0.6) is 0 Å². The Morgan fingerprint density at radius 3 is 2.93 bits per heavy atom. The molecule has 0 bridgehead atoms. The molecule has 0 aliphatic carbocycles. The van der Waals surface area contributed by atoms with Crippen LogP contribution >= 0.6 is 0 Å². The van der Waals surface area contributed by atoms with Crippen molar-refractivity contribution in [3.05, 3.63) is 28.4 Å². The number of amides is 1. The number of rotatable bonds is 4. The summed E-state index contributed by atoms with van der Waals surface area (Å²) in [5.74, 6) is -0.0110. The number of carbonyl (C=O) groups is 1. The minimum atomic E-state index is -0.0896. The van der Waals surface area contributed by atoms with Gasteiger partial charge in [0.1, 0.15) is 0 Å². The summed E-state index contributed by atoms with van der Waals surface area (Å²) in [4.78, 5) is 26.3. The van der Waals surface area contributed by atoms with Crippen LogP contribution in [0.3, 0.4) is 0 Å². The van der Waals surface area contributed by atoms with Gasteiger partial charge in [-0.3, -0.25) is 14.2 Å². The molecular weight excluding hydrogens is 194 g/mol. The molecule has 0 aliphatic heterocycles. The first kappa shape index (κ1) is 11.4. The lowest BCUT2D eigenvalue weighted by Gasteiger charge is -2.06. The fourth-order valence-electron chi connectivity index (χ4n) is 1.13. The van der Waals surface area contributed by atoms with Crippen molar-refractivity contribution in [2.75, 3.05) is 6.54 Å². The number of nitrogens with one attached hydrogen (secondary N) is 1. The van der Waals surface area contributed by atoms with E-state index < -0.39 is 0 Å². The highest BCUT2D eigenvalue weighted by molar-refractivity contribution is 5.75. The highest BCUT2D eigenvalue weighted by Crippen LogP contribution is 1.84. The van der Waals surface area contributed by atoms with Crippen molar-refractivity contribution in [3.63, 3.8) is 0 Å². The number of carbonyl (C=O) groups excluding carboxylic acids is 1. The molecule has 0 saturated carbocycles. The minimum absolute atomic E-state index is 0.0110. The molecule has 1 N–H and O–H groups in total. The second-order valence-corrected chi connectivity index (χ2v) is 3.27. The summed E-state index contributed by atoms with van der Waals surface area (Å²) < 4.78 is 1.48. The number of hydrogen-bond donors (Lipinski definition) is 1. The molecular formula is C10H15N3O2. The van der Waals surface area contributed by atoms with E-state index >= 15 is 0 Å². The quantitative estimate of drug-likeness (QED) is 0.763. The zero-order chi connectivity index (χ0) is 11.3. The van der Waals surface area contributed by atoms with Crippen LogP contribution in [-0.2, 0) is 11.3 Å². The van der Waals surface area contributed by atoms with Gasteiger partial charge in [-0.05, 0) is 6.92 Å².